The molecular weight excluding hydrogens is 327 g/mol. The van der Waals surface area contributed by atoms with Gasteiger partial charge in [-0.25, -0.2) is 0 Å². The topological polar surface area (TPSA) is 81.6 Å². The Bertz CT molecular complexity index is 513. The predicted octanol–water partition coefficient (Wildman–Crippen LogP) is 1.65. The minimum Gasteiger partial charge on any atom is -0.388 e. The predicted molar refractivity (Wildman–Crippen MR) is 86.1 cm³/mol. The molecule has 1 heterocycles. The molecule has 4 N–H and O–H groups in total. The molecule has 7 heteroatoms. The fraction of sp³-hybridized carbons (Fsp3) is 0.533. The minimum absolute atomic E-state index is 0.0169. The van der Waals surface area contributed by atoms with Gasteiger partial charge in [0.2, 0.25) is 5.91 Å². The fourth-order valence-electron chi connectivity index (χ4n) is 2.56. The minimum atomic E-state index is -1.01. The van der Waals surface area contributed by atoms with Crippen molar-refractivity contribution in [2.45, 2.75) is 31.0 Å². The van der Waals surface area contributed by atoms with Gasteiger partial charge in [0.05, 0.1) is 18.1 Å². The van der Waals surface area contributed by atoms with Crippen molar-refractivity contribution in [1.82, 2.24) is 10.6 Å². The van der Waals surface area contributed by atoms with Crippen molar-refractivity contribution in [2.24, 2.45) is 0 Å². The van der Waals surface area contributed by atoms with Crippen LogP contribution in [0.1, 0.15) is 30.9 Å². The molecule has 2 atom stereocenters. The van der Waals surface area contributed by atoms with Gasteiger partial charge in [-0.3, -0.25) is 4.79 Å². The van der Waals surface area contributed by atoms with Gasteiger partial charge in [0, 0.05) is 23.1 Å². The van der Waals surface area contributed by atoms with E-state index in [-0.39, 0.29) is 18.9 Å². The van der Waals surface area contributed by atoms with Crippen LogP contribution in [0.5, 0.6) is 0 Å². The molecule has 1 fully saturated rings. The highest BCUT2D eigenvalue weighted by Crippen LogP contribution is 2.23. The van der Waals surface area contributed by atoms with Crippen molar-refractivity contribution in [3.63, 3.8) is 0 Å². The lowest BCUT2D eigenvalue weighted by Gasteiger charge is -2.32. The second-order valence-electron chi connectivity index (χ2n) is 5.70. The normalized spacial score (nSPS) is 23.1. The van der Waals surface area contributed by atoms with E-state index < -0.39 is 11.7 Å². The Kier molecular flexibility index (Phi) is 6.06. The number of halogens is 2. The number of carbonyl (C=O) groups is 1. The fourth-order valence-corrected chi connectivity index (χ4v) is 3.10. The third-order valence-electron chi connectivity index (χ3n) is 3.70. The number of amides is 1. The molecule has 0 aliphatic carbocycles. The number of hydrogen-bond acceptors (Lipinski definition) is 4. The number of carbonyl (C=O) groups excluding carboxylic acids is 1. The highest BCUT2D eigenvalue weighted by molar-refractivity contribution is 6.34. The molecule has 2 unspecified atom stereocenters. The van der Waals surface area contributed by atoms with E-state index in [0.717, 1.165) is 13.0 Å². The molecule has 2 rings (SSSR count). The number of piperidine rings is 1. The molecule has 0 spiro atoms. The summed E-state index contributed by atoms with van der Waals surface area (Å²) in [6.45, 7) is 1.31. The monoisotopic (exact) mass is 346 g/mol. The molecular formula is C15H20Cl2N2O3. The van der Waals surface area contributed by atoms with Crippen LogP contribution in [0.2, 0.25) is 10.0 Å². The molecule has 1 saturated heterocycles. The van der Waals surface area contributed by atoms with E-state index in [1.165, 1.54) is 0 Å². The standard InChI is InChI=1S/C15H20Cl2N2O3/c16-11-4-10(5-12(17)6-11)13(20)8-19-14(21)7-15(22)2-1-3-18-9-15/h4-6,13,18,20,22H,1-3,7-9H2,(H,19,21). The molecule has 0 bridgehead atoms. The van der Waals surface area contributed by atoms with Crippen molar-refractivity contribution in [2.75, 3.05) is 19.6 Å². The van der Waals surface area contributed by atoms with Gasteiger partial charge in [-0.05, 0) is 43.1 Å². The number of nitrogens with one attached hydrogen (secondary N) is 2. The zero-order chi connectivity index (χ0) is 16.2. The van der Waals surface area contributed by atoms with Crippen LogP contribution < -0.4 is 10.6 Å². The summed E-state index contributed by atoms with van der Waals surface area (Å²) in [5, 5.41) is 26.9. The van der Waals surface area contributed by atoms with Crippen molar-refractivity contribution < 1.29 is 15.0 Å². The zero-order valence-electron chi connectivity index (χ0n) is 12.1. The number of rotatable bonds is 5. The first-order chi connectivity index (χ1) is 10.4. The SMILES string of the molecule is O=C(CC1(O)CCCNC1)NCC(O)c1cc(Cl)cc(Cl)c1. The van der Waals surface area contributed by atoms with Crippen LogP contribution in [0, 0.1) is 0 Å². The maximum Gasteiger partial charge on any atom is 0.223 e. The Balaban J connectivity index is 1.85. The second kappa shape index (κ2) is 7.62. The number of aliphatic hydroxyl groups excluding tert-OH is 1. The van der Waals surface area contributed by atoms with E-state index in [4.69, 9.17) is 23.2 Å². The average Bonchev–Trinajstić information content (AvgIpc) is 2.44. The third kappa shape index (κ3) is 5.11. The Labute approximate surface area is 139 Å². The van der Waals surface area contributed by atoms with E-state index in [9.17, 15) is 15.0 Å². The third-order valence-corrected chi connectivity index (χ3v) is 4.14. The molecule has 1 amide bonds. The number of hydrogen-bond donors (Lipinski definition) is 4. The summed E-state index contributed by atoms with van der Waals surface area (Å²) in [6, 6.07) is 4.77. The summed E-state index contributed by atoms with van der Waals surface area (Å²) < 4.78 is 0. The van der Waals surface area contributed by atoms with Crippen molar-refractivity contribution in [3.8, 4) is 0 Å². The van der Waals surface area contributed by atoms with Crippen LogP contribution in [0.25, 0.3) is 0 Å². The quantitative estimate of drug-likeness (QED) is 0.653. The van der Waals surface area contributed by atoms with E-state index in [0.29, 0.717) is 28.6 Å². The zero-order valence-corrected chi connectivity index (χ0v) is 13.6. The lowest BCUT2D eigenvalue weighted by Crippen LogP contribution is -2.48. The molecule has 0 saturated carbocycles. The summed E-state index contributed by atoms with van der Waals surface area (Å²) in [4.78, 5) is 11.9. The lowest BCUT2D eigenvalue weighted by molar-refractivity contribution is -0.127. The maximum absolute atomic E-state index is 11.9. The smallest absolute Gasteiger partial charge is 0.223 e. The van der Waals surface area contributed by atoms with Gasteiger partial charge < -0.3 is 20.8 Å². The van der Waals surface area contributed by atoms with Gasteiger partial charge >= 0.3 is 0 Å². The van der Waals surface area contributed by atoms with E-state index in [1.807, 2.05) is 0 Å². The average molecular weight is 347 g/mol. The molecule has 1 aromatic rings. The molecule has 0 aromatic heterocycles. The Morgan fingerprint density at radius 3 is 2.64 bits per heavy atom. The summed E-state index contributed by atoms with van der Waals surface area (Å²) in [5.74, 6) is -0.293. The highest BCUT2D eigenvalue weighted by atomic mass is 35.5. The molecule has 5 nitrogen and oxygen atoms in total. The largest absolute Gasteiger partial charge is 0.388 e. The van der Waals surface area contributed by atoms with Crippen LogP contribution in [0.15, 0.2) is 18.2 Å². The van der Waals surface area contributed by atoms with Gasteiger partial charge in [0.25, 0.3) is 0 Å². The Hall–Kier alpha value is -0.850. The lowest BCUT2D eigenvalue weighted by atomic mass is 9.90. The second-order valence-corrected chi connectivity index (χ2v) is 6.58. The summed E-state index contributed by atoms with van der Waals surface area (Å²) in [6.07, 6.45) is 0.551. The molecule has 122 valence electrons. The van der Waals surface area contributed by atoms with Crippen LogP contribution in [0.4, 0.5) is 0 Å². The van der Waals surface area contributed by atoms with Gasteiger partial charge in [0.15, 0.2) is 0 Å². The first-order valence-electron chi connectivity index (χ1n) is 7.22. The van der Waals surface area contributed by atoms with Gasteiger partial charge in [0.1, 0.15) is 0 Å². The number of benzene rings is 1. The number of aliphatic hydroxyl groups is 2. The van der Waals surface area contributed by atoms with Crippen molar-refractivity contribution in [3.05, 3.63) is 33.8 Å². The Morgan fingerprint density at radius 2 is 2.05 bits per heavy atom. The summed E-state index contributed by atoms with van der Waals surface area (Å²) >= 11 is 11.8. The van der Waals surface area contributed by atoms with E-state index in [2.05, 4.69) is 10.6 Å². The van der Waals surface area contributed by atoms with Crippen molar-refractivity contribution in [1.29, 1.82) is 0 Å². The van der Waals surface area contributed by atoms with Gasteiger partial charge in [-0.2, -0.15) is 0 Å². The molecule has 1 aromatic carbocycles. The van der Waals surface area contributed by atoms with E-state index in [1.54, 1.807) is 18.2 Å². The molecule has 1 aliphatic rings. The van der Waals surface area contributed by atoms with Crippen LogP contribution >= 0.6 is 23.2 Å². The summed E-state index contributed by atoms with van der Waals surface area (Å²) in [5.41, 5.74) is -0.469. The van der Waals surface area contributed by atoms with Crippen LogP contribution in [-0.4, -0.2) is 41.4 Å². The Morgan fingerprint density at radius 1 is 1.36 bits per heavy atom. The first-order valence-corrected chi connectivity index (χ1v) is 7.97. The molecule has 1 aliphatic heterocycles. The van der Waals surface area contributed by atoms with Gasteiger partial charge in [-0.1, -0.05) is 23.2 Å². The van der Waals surface area contributed by atoms with Crippen LogP contribution in [-0.2, 0) is 4.79 Å². The van der Waals surface area contributed by atoms with Crippen molar-refractivity contribution >= 4 is 29.1 Å². The maximum atomic E-state index is 11.9. The van der Waals surface area contributed by atoms with E-state index >= 15 is 0 Å². The highest BCUT2D eigenvalue weighted by Gasteiger charge is 2.31. The van der Waals surface area contributed by atoms with Crippen LogP contribution in [0.3, 0.4) is 0 Å². The molecule has 0 radical (unpaired) electrons. The first kappa shape index (κ1) is 17.5. The molecule has 22 heavy (non-hydrogen) atoms. The summed E-state index contributed by atoms with van der Waals surface area (Å²) in [7, 11) is 0. The number of β-amino-alcohol motifs (C(OH)–C–C–N with tert-alkyl or cyclic N) is 1. The van der Waals surface area contributed by atoms with Gasteiger partial charge in [-0.15, -0.1) is 0 Å².